The second-order valence-corrected chi connectivity index (χ2v) is 12.3. The Balaban J connectivity index is 1.46. The van der Waals surface area contributed by atoms with Crippen molar-refractivity contribution in [2.45, 2.75) is 83.1 Å². The smallest absolute Gasteiger partial charge is 0.417 e. The third-order valence-electron chi connectivity index (χ3n) is 9.24. The first-order valence-electron chi connectivity index (χ1n) is 13.9. The zero-order valence-electron chi connectivity index (χ0n) is 22.7. The molecule has 0 spiro atoms. The van der Waals surface area contributed by atoms with Gasteiger partial charge in [-0.15, -0.1) is 0 Å². The summed E-state index contributed by atoms with van der Waals surface area (Å²) < 4.78 is 60.8. The lowest BCUT2D eigenvalue weighted by Crippen LogP contribution is -2.60. The minimum Gasteiger partial charge on any atom is -0.491 e. The number of nitriles is 1. The predicted octanol–water partition coefficient (Wildman–Crippen LogP) is 7.18. The van der Waals surface area contributed by atoms with Crippen LogP contribution in [0.3, 0.4) is 0 Å². The van der Waals surface area contributed by atoms with Gasteiger partial charge in [0.1, 0.15) is 11.6 Å². The van der Waals surface area contributed by atoms with Crippen LogP contribution in [0.1, 0.15) is 65.2 Å². The molecule has 0 radical (unpaired) electrons. The fraction of sp³-hybridized carbons (Fsp3) is 0.548. The number of carbonyl (C=O) groups is 1. The maximum absolute atomic E-state index is 15.1. The number of anilines is 1. The number of hydrogen-bond acceptors (Lipinski definition) is 4. The Labute approximate surface area is 231 Å². The molecular weight excluding hydrogens is 524 g/mol. The van der Waals surface area contributed by atoms with E-state index in [4.69, 9.17) is 4.74 Å². The molecule has 2 bridgehead atoms. The van der Waals surface area contributed by atoms with Gasteiger partial charge in [0.2, 0.25) is 5.91 Å². The van der Waals surface area contributed by atoms with Gasteiger partial charge in [-0.2, -0.15) is 18.4 Å². The number of amides is 1. The van der Waals surface area contributed by atoms with E-state index in [1.54, 1.807) is 30.3 Å². The molecule has 4 saturated carbocycles. The first-order valence-corrected chi connectivity index (χ1v) is 13.9. The van der Waals surface area contributed by atoms with E-state index in [2.05, 4.69) is 6.07 Å². The number of fused-ring (bicyclic) bond motifs is 3. The molecule has 40 heavy (non-hydrogen) atoms. The highest BCUT2D eigenvalue weighted by Crippen LogP contribution is 2.57. The van der Waals surface area contributed by atoms with Gasteiger partial charge in [-0.05, 0) is 107 Å². The van der Waals surface area contributed by atoms with Crippen LogP contribution in [0.25, 0.3) is 11.1 Å². The molecule has 4 aliphatic carbocycles. The quantitative estimate of drug-likeness (QED) is 0.366. The molecule has 0 atom stereocenters. The summed E-state index contributed by atoms with van der Waals surface area (Å²) in [5, 5.41) is 19.7. The van der Waals surface area contributed by atoms with Crippen molar-refractivity contribution in [3.63, 3.8) is 0 Å². The molecule has 4 aliphatic rings. The largest absolute Gasteiger partial charge is 0.491 e. The van der Waals surface area contributed by atoms with Gasteiger partial charge in [0.15, 0.2) is 5.60 Å². The van der Waals surface area contributed by atoms with E-state index in [9.17, 15) is 28.3 Å². The molecule has 5 nitrogen and oxygen atoms in total. The van der Waals surface area contributed by atoms with Crippen LogP contribution in [0, 0.1) is 33.9 Å². The second kappa shape index (κ2) is 10.1. The molecule has 6 rings (SSSR count). The van der Waals surface area contributed by atoms with Crippen LogP contribution >= 0.6 is 0 Å². The summed E-state index contributed by atoms with van der Waals surface area (Å²) in [6, 6.07) is 13.7. The normalized spacial score (nSPS) is 29.5. The third kappa shape index (κ3) is 5.18. The highest BCUT2D eigenvalue weighted by atomic mass is 19.4. The lowest BCUT2D eigenvalue weighted by Gasteiger charge is -2.52. The third-order valence-corrected chi connectivity index (χ3v) is 9.24. The summed E-state index contributed by atoms with van der Waals surface area (Å²) in [7, 11) is 0. The molecule has 0 aromatic heterocycles. The molecule has 0 unspecified atom stereocenters. The van der Waals surface area contributed by atoms with Crippen LogP contribution in [0.15, 0.2) is 42.5 Å². The summed E-state index contributed by atoms with van der Waals surface area (Å²) in [6.07, 6.45) is -1.82. The highest BCUT2D eigenvalue weighted by molar-refractivity contribution is 5.96. The first kappa shape index (κ1) is 28.4. The first-order chi connectivity index (χ1) is 18.8. The van der Waals surface area contributed by atoms with Gasteiger partial charge in [-0.1, -0.05) is 12.1 Å². The molecule has 2 aromatic carbocycles. The maximum atomic E-state index is 15.1. The SMILES string of the molecule is CC(C)Oc1ccc(-c2cc(N(CC34CCC(C#N)(CC3)CC4)C(=O)[C@H]3C[C@](O)(C(F)(F)F)C3)ccc2F)cc1. The van der Waals surface area contributed by atoms with Crippen molar-refractivity contribution in [3.8, 4) is 22.9 Å². The monoisotopic (exact) mass is 558 g/mol. The van der Waals surface area contributed by atoms with Crippen LogP contribution < -0.4 is 9.64 Å². The van der Waals surface area contributed by atoms with E-state index < -0.39 is 42.3 Å². The zero-order chi connectivity index (χ0) is 28.9. The van der Waals surface area contributed by atoms with Crippen molar-refractivity contribution in [1.29, 1.82) is 5.26 Å². The summed E-state index contributed by atoms with van der Waals surface area (Å²) >= 11 is 0. The van der Waals surface area contributed by atoms with Gasteiger partial charge in [0, 0.05) is 23.7 Å². The zero-order valence-corrected chi connectivity index (χ0v) is 22.7. The van der Waals surface area contributed by atoms with Gasteiger partial charge in [0.25, 0.3) is 0 Å². The molecule has 1 N–H and O–H groups in total. The molecule has 0 heterocycles. The molecule has 4 fully saturated rings. The summed E-state index contributed by atoms with van der Waals surface area (Å²) in [5.41, 5.74) is -2.22. The Morgan fingerprint density at radius 1 is 1.07 bits per heavy atom. The van der Waals surface area contributed by atoms with Crippen molar-refractivity contribution in [3.05, 3.63) is 48.3 Å². The van der Waals surface area contributed by atoms with E-state index in [1.807, 2.05) is 13.8 Å². The maximum Gasteiger partial charge on any atom is 0.417 e. The molecule has 214 valence electrons. The Morgan fingerprint density at radius 2 is 1.68 bits per heavy atom. The Kier molecular flexibility index (Phi) is 7.14. The Bertz CT molecular complexity index is 1280. The van der Waals surface area contributed by atoms with Crippen molar-refractivity contribution in [2.75, 3.05) is 11.4 Å². The lowest BCUT2D eigenvalue weighted by molar-refractivity contribution is -0.295. The average molecular weight is 559 g/mol. The van der Waals surface area contributed by atoms with E-state index in [0.29, 0.717) is 17.0 Å². The number of halogens is 4. The fourth-order valence-corrected chi connectivity index (χ4v) is 6.57. The van der Waals surface area contributed by atoms with E-state index in [1.165, 1.54) is 17.0 Å². The molecule has 1 amide bonds. The Hall–Kier alpha value is -3.12. The number of hydrogen-bond donors (Lipinski definition) is 1. The van der Waals surface area contributed by atoms with Crippen molar-refractivity contribution < 1.29 is 32.2 Å². The van der Waals surface area contributed by atoms with Crippen LogP contribution in [-0.2, 0) is 4.79 Å². The number of ether oxygens (including phenoxy) is 1. The van der Waals surface area contributed by atoms with E-state index in [-0.39, 0.29) is 29.0 Å². The summed E-state index contributed by atoms with van der Waals surface area (Å²) in [5.74, 6) is -1.34. The minimum atomic E-state index is -4.81. The number of rotatable bonds is 7. The number of carbonyl (C=O) groups excluding carboxylic acids is 1. The van der Waals surface area contributed by atoms with Crippen molar-refractivity contribution in [2.24, 2.45) is 16.7 Å². The number of aliphatic hydroxyl groups is 1. The van der Waals surface area contributed by atoms with E-state index >= 15 is 4.39 Å². The molecule has 2 aromatic rings. The predicted molar refractivity (Wildman–Crippen MR) is 142 cm³/mol. The number of nitrogens with zero attached hydrogens (tertiary/aromatic N) is 2. The molecule has 0 aliphatic heterocycles. The van der Waals surface area contributed by atoms with Gasteiger partial charge in [-0.3, -0.25) is 4.79 Å². The summed E-state index contributed by atoms with van der Waals surface area (Å²) in [4.78, 5) is 15.3. The van der Waals surface area contributed by atoms with Crippen molar-refractivity contribution >= 4 is 11.6 Å². The standard InChI is InChI=1S/C31H34F4N2O3/c1-20(2)40-24-6-3-21(4-7-24)25-15-23(5-8-26(25)32)37(27(38)22-16-30(39,17-22)31(33,34)35)19-29-12-9-28(18-36,10-13-29)11-14-29/h3-8,15,20,22,39H,9-14,16-17,19H2,1-2H3/t22-,28?,29?,30+. The second-order valence-electron chi connectivity index (χ2n) is 12.3. The molecule has 9 heteroatoms. The van der Waals surface area contributed by atoms with Gasteiger partial charge in [0.05, 0.1) is 17.6 Å². The van der Waals surface area contributed by atoms with Gasteiger partial charge >= 0.3 is 6.18 Å². The minimum absolute atomic E-state index is 0.0238. The van der Waals surface area contributed by atoms with E-state index in [0.717, 1.165) is 38.5 Å². The van der Waals surface area contributed by atoms with Crippen LogP contribution in [0.2, 0.25) is 0 Å². The van der Waals surface area contributed by atoms with Crippen LogP contribution in [-0.4, -0.2) is 35.4 Å². The topological polar surface area (TPSA) is 73.6 Å². The summed E-state index contributed by atoms with van der Waals surface area (Å²) in [6.45, 7) is 4.08. The molecule has 0 saturated heterocycles. The number of alkyl halides is 3. The van der Waals surface area contributed by atoms with Crippen LogP contribution in [0.4, 0.5) is 23.2 Å². The van der Waals surface area contributed by atoms with Gasteiger partial charge < -0.3 is 14.7 Å². The number of benzene rings is 2. The highest BCUT2D eigenvalue weighted by Gasteiger charge is 2.63. The molecular formula is C31H34F4N2O3. The average Bonchev–Trinajstić information content (AvgIpc) is 2.91. The lowest BCUT2D eigenvalue weighted by atomic mass is 9.54. The Morgan fingerprint density at radius 3 is 2.20 bits per heavy atom. The van der Waals surface area contributed by atoms with Crippen molar-refractivity contribution in [1.82, 2.24) is 0 Å². The van der Waals surface area contributed by atoms with Crippen LogP contribution in [0.5, 0.6) is 5.75 Å². The van der Waals surface area contributed by atoms with Gasteiger partial charge in [-0.25, -0.2) is 4.39 Å². The fourth-order valence-electron chi connectivity index (χ4n) is 6.57.